The SMILES string of the molecule is CCC1=N[N]C(C)=C1C(F)(F)F. The largest absolute Gasteiger partial charge is 0.420 e. The van der Waals surface area contributed by atoms with Gasteiger partial charge in [-0.15, -0.1) is 0 Å². The molecule has 1 radical (unpaired) electrons. The summed E-state index contributed by atoms with van der Waals surface area (Å²) in [5.74, 6) is 0. The molecule has 0 N–H and O–H groups in total. The van der Waals surface area contributed by atoms with Crippen LogP contribution in [0.2, 0.25) is 0 Å². The Morgan fingerprint density at radius 1 is 1.33 bits per heavy atom. The normalized spacial score (nSPS) is 17.9. The van der Waals surface area contributed by atoms with Gasteiger partial charge in [-0.2, -0.15) is 23.7 Å². The summed E-state index contributed by atoms with van der Waals surface area (Å²) in [5, 5.41) is 3.43. The Morgan fingerprint density at radius 3 is 2.25 bits per heavy atom. The van der Waals surface area contributed by atoms with E-state index in [2.05, 4.69) is 10.5 Å². The van der Waals surface area contributed by atoms with E-state index in [0.29, 0.717) is 0 Å². The number of nitrogens with zero attached hydrogens (tertiary/aromatic N) is 2. The van der Waals surface area contributed by atoms with Gasteiger partial charge in [0.2, 0.25) is 0 Å². The van der Waals surface area contributed by atoms with Gasteiger partial charge >= 0.3 is 6.18 Å². The van der Waals surface area contributed by atoms with Crippen LogP contribution in [0.1, 0.15) is 20.3 Å². The molecular formula is C7H8F3N2. The van der Waals surface area contributed by atoms with Crippen LogP contribution in [0.15, 0.2) is 16.4 Å². The zero-order chi connectivity index (χ0) is 9.35. The molecule has 12 heavy (non-hydrogen) atoms. The molecule has 1 heterocycles. The number of halogens is 3. The summed E-state index contributed by atoms with van der Waals surface area (Å²) >= 11 is 0. The van der Waals surface area contributed by atoms with Crippen LogP contribution >= 0.6 is 0 Å². The van der Waals surface area contributed by atoms with Crippen molar-refractivity contribution in [3.8, 4) is 0 Å². The Labute approximate surface area is 68.1 Å². The lowest BCUT2D eigenvalue weighted by Gasteiger charge is -2.08. The highest BCUT2D eigenvalue weighted by molar-refractivity contribution is 6.02. The molecule has 0 amide bonds. The monoisotopic (exact) mass is 177 g/mol. The average Bonchev–Trinajstić information content (AvgIpc) is 2.29. The molecule has 0 unspecified atom stereocenters. The second kappa shape index (κ2) is 2.80. The molecule has 0 bridgehead atoms. The topological polar surface area (TPSA) is 26.5 Å². The summed E-state index contributed by atoms with van der Waals surface area (Å²) in [6, 6.07) is 0. The Bertz CT molecular complexity index is 250. The van der Waals surface area contributed by atoms with Crippen molar-refractivity contribution in [2.45, 2.75) is 26.4 Å². The van der Waals surface area contributed by atoms with Crippen molar-refractivity contribution in [3.05, 3.63) is 11.3 Å². The minimum Gasteiger partial charge on any atom is -0.166 e. The van der Waals surface area contributed by atoms with Gasteiger partial charge in [-0.05, 0) is 13.3 Å². The molecule has 1 rings (SSSR count). The van der Waals surface area contributed by atoms with E-state index in [1.54, 1.807) is 6.92 Å². The van der Waals surface area contributed by atoms with Crippen molar-refractivity contribution in [1.29, 1.82) is 0 Å². The van der Waals surface area contributed by atoms with E-state index in [4.69, 9.17) is 0 Å². The molecule has 0 fully saturated rings. The highest BCUT2D eigenvalue weighted by Gasteiger charge is 2.40. The molecule has 1 aliphatic rings. The fourth-order valence-electron chi connectivity index (χ4n) is 1.06. The predicted molar refractivity (Wildman–Crippen MR) is 38.6 cm³/mol. The first kappa shape index (κ1) is 9.09. The van der Waals surface area contributed by atoms with Gasteiger partial charge in [0.1, 0.15) is 5.57 Å². The zero-order valence-electron chi connectivity index (χ0n) is 6.74. The van der Waals surface area contributed by atoms with E-state index < -0.39 is 11.7 Å². The molecule has 2 nitrogen and oxygen atoms in total. The Balaban J connectivity index is 3.01. The number of allylic oxidation sites excluding steroid dienone is 2. The van der Waals surface area contributed by atoms with Gasteiger partial charge in [-0.1, -0.05) is 6.92 Å². The van der Waals surface area contributed by atoms with E-state index in [1.165, 1.54) is 6.92 Å². The molecule has 0 aromatic carbocycles. The maximum Gasteiger partial charge on any atom is 0.420 e. The van der Waals surface area contributed by atoms with E-state index in [0.717, 1.165) is 0 Å². The van der Waals surface area contributed by atoms with Gasteiger partial charge in [-0.3, -0.25) is 0 Å². The number of hydrogen-bond donors (Lipinski definition) is 0. The number of hydrogen-bond acceptors (Lipinski definition) is 1. The van der Waals surface area contributed by atoms with Gasteiger partial charge in [0.25, 0.3) is 0 Å². The van der Waals surface area contributed by atoms with Gasteiger partial charge in [0.05, 0.1) is 11.4 Å². The summed E-state index contributed by atoms with van der Waals surface area (Å²) in [6.45, 7) is 2.94. The first-order valence-corrected chi connectivity index (χ1v) is 3.52. The van der Waals surface area contributed by atoms with Crippen LogP contribution in [0.25, 0.3) is 0 Å². The van der Waals surface area contributed by atoms with Gasteiger partial charge < -0.3 is 0 Å². The number of alkyl halides is 3. The highest BCUT2D eigenvalue weighted by atomic mass is 19.4. The lowest BCUT2D eigenvalue weighted by atomic mass is 10.1. The van der Waals surface area contributed by atoms with Crippen LogP contribution in [0, 0.1) is 0 Å². The van der Waals surface area contributed by atoms with Crippen LogP contribution < -0.4 is 5.43 Å². The molecule has 0 atom stereocenters. The van der Waals surface area contributed by atoms with Crippen molar-refractivity contribution in [1.82, 2.24) is 5.43 Å². The van der Waals surface area contributed by atoms with E-state index >= 15 is 0 Å². The molecule has 67 valence electrons. The van der Waals surface area contributed by atoms with Crippen molar-refractivity contribution >= 4 is 5.71 Å². The maximum atomic E-state index is 12.2. The Morgan fingerprint density at radius 2 is 1.92 bits per heavy atom. The van der Waals surface area contributed by atoms with Crippen molar-refractivity contribution in [3.63, 3.8) is 0 Å². The molecule has 0 aliphatic carbocycles. The first-order chi connectivity index (χ1) is 5.46. The molecule has 0 saturated carbocycles. The summed E-state index contributed by atoms with van der Waals surface area (Å²) < 4.78 is 36.7. The lowest BCUT2D eigenvalue weighted by Crippen LogP contribution is -2.18. The summed E-state index contributed by atoms with van der Waals surface area (Å²) in [4.78, 5) is 0. The van der Waals surface area contributed by atoms with Gasteiger partial charge in [0, 0.05) is 0 Å². The number of rotatable bonds is 1. The molecule has 5 heteroatoms. The smallest absolute Gasteiger partial charge is 0.166 e. The first-order valence-electron chi connectivity index (χ1n) is 3.52. The average molecular weight is 177 g/mol. The molecular weight excluding hydrogens is 169 g/mol. The van der Waals surface area contributed by atoms with Crippen molar-refractivity contribution < 1.29 is 13.2 Å². The molecule has 0 spiro atoms. The third-order valence-electron chi connectivity index (χ3n) is 1.59. The zero-order valence-corrected chi connectivity index (χ0v) is 6.74. The standard InChI is InChI=1S/C7H8F3N2/c1-3-5-6(7(8,9)10)4(2)11-12-5/h3H2,1-2H3. The molecule has 1 aliphatic heterocycles. The van der Waals surface area contributed by atoms with Crippen LogP contribution in [0.4, 0.5) is 13.2 Å². The fraction of sp³-hybridized carbons (Fsp3) is 0.571. The third-order valence-corrected chi connectivity index (χ3v) is 1.59. The maximum absolute atomic E-state index is 12.2. The summed E-state index contributed by atoms with van der Waals surface area (Å²) in [6.07, 6.45) is -4.06. The third kappa shape index (κ3) is 1.44. The lowest BCUT2D eigenvalue weighted by molar-refractivity contribution is -0.0867. The summed E-state index contributed by atoms with van der Waals surface area (Å²) in [5.41, 5.74) is 2.69. The fourth-order valence-corrected chi connectivity index (χ4v) is 1.06. The molecule has 0 aromatic rings. The quantitative estimate of drug-likeness (QED) is 0.587. The van der Waals surface area contributed by atoms with E-state index in [1.807, 2.05) is 0 Å². The minimum absolute atomic E-state index is 0.0278. The van der Waals surface area contributed by atoms with Crippen molar-refractivity contribution in [2.24, 2.45) is 5.10 Å². The van der Waals surface area contributed by atoms with Crippen LogP contribution in [-0.4, -0.2) is 11.9 Å². The van der Waals surface area contributed by atoms with E-state index in [-0.39, 0.29) is 17.8 Å². The van der Waals surface area contributed by atoms with Crippen LogP contribution in [0.3, 0.4) is 0 Å². The van der Waals surface area contributed by atoms with E-state index in [9.17, 15) is 13.2 Å². The summed E-state index contributed by atoms with van der Waals surface area (Å²) in [7, 11) is 0. The second-order valence-electron chi connectivity index (χ2n) is 2.46. The second-order valence-corrected chi connectivity index (χ2v) is 2.46. The Kier molecular flexibility index (Phi) is 2.12. The van der Waals surface area contributed by atoms with Gasteiger partial charge in [-0.25, -0.2) is 0 Å². The minimum atomic E-state index is -4.32. The Hall–Kier alpha value is -1.00. The van der Waals surface area contributed by atoms with Crippen LogP contribution in [0.5, 0.6) is 0 Å². The van der Waals surface area contributed by atoms with Gasteiger partial charge in [0.15, 0.2) is 0 Å². The molecule has 0 saturated heterocycles. The van der Waals surface area contributed by atoms with Crippen molar-refractivity contribution in [2.75, 3.05) is 0 Å². The van der Waals surface area contributed by atoms with Crippen LogP contribution in [-0.2, 0) is 0 Å². The highest BCUT2D eigenvalue weighted by Crippen LogP contribution is 2.32. The predicted octanol–water partition coefficient (Wildman–Crippen LogP) is 2.21. The molecule has 0 aromatic heterocycles.